The Bertz CT molecular complexity index is 1290. The molecule has 3 aromatic rings. The Balaban J connectivity index is 1.25. The normalized spacial score (nSPS) is 22.6. The van der Waals surface area contributed by atoms with Gasteiger partial charge >= 0.3 is 0 Å². The molecule has 206 valence electrons. The van der Waals surface area contributed by atoms with E-state index in [2.05, 4.69) is 16.8 Å². The monoisotopic (exact) mass is 536 g/mol. The maximum Gasteiger partial charge on any atom is 0.165 e. The highest BCUT2D eigenvalue weighted by atomic mass is 19.1. The molecule has 8 nitrogen and oxygen atoms in total. The third-order valence-electron chi connectivity index (χ3n) is 6.88. The number of halogens is 1. The predicted octanol–water partition coefficient (Wildman–Crippen LogP) is 4.02. The topological polar surface area (TPSA) is 95.2 Å². The van der Waals surface area contributed by atoms with Crippen molar-refractivity contribution in [3.63, 3.8) is 0 Å². The summed E-state index contributed by atoms with van der Waals surface area (Å²) in [5.41, 5.74) is 2.27. The van der Waals surface area contributed by atoms with E-state index in [4.69, 9.17) is 18.9 Å². The molecule has 39 heavy (non-hydrogen) atoms. The summed E-state index contributed by atoms with van der Waals surface area (Å²) >= 11 is 0. The molecule has 3 heterocycles. The van der Waals surface area contributed by atoms with Crippen LogP contribution in [0, 0.1) is 17.7 Å². The molecule has 0 spiro atoms. The van der Waals surface area contributed by atoms with Gasteiger partial charge in [-0.1, -0.05) is 30.0 Å². The number of aromatic nitrogens is 2. The van der Waals surface area contributed by atoms with Crippen LogP contribution >= 0.6 is 0 Å². The van der Waals surface area contributed by atoms with Crippen LogP contribution in [0.25, 0.3) is 11.1 Å². The van der Waals surface area contributed by atoms with Crippen molar-refractivity contribution >= 4 is 0 Å². The Morgan fingerprint density at radius 2 is 1.97 bits per heavy atom. The quantitative estimate of drug-likeness (QED) is 0.420. The highest BCUT2D eigenvalue weighted by Crippen LogP contribution is 2.28. The average Bonchev–Trinajstić information content (AvgIpc) is 3.60. The van der Waals surface area contributed by atoms with Crippen molar-refractivity contribution < 1.29 is 33.6 Å². The van der Waals surface area contributed by atoms with E-state index >= 15 is 0 Å². The van der Waals surface area contributed by atoms with E-state index < -0.39 is 24.1 Å². The lowest BCUT2D eigenvalue weighted by molar-refractivity contribution is -0.188. The zero-order chi connectivity index (χ0) is 27.2. The molecule has 2 aliphatic rings. The van der Waals surface area contributed by atoms with Crippen LogP contribution in [0.3, 0.4) is 0 Å². The number of aliphatic hydroxyl groups is 2. The highest BCUT2D eigenvalue weighted by molar-refractivity contribution is 5.65. The Morgan fingerprint density at radius 1 is 1.15 bits per heavy atom. The second-order valence-corrected chi connectivity index (χ2v) is 9.72. The summed E-state index contributed by atoms with van der Waals surface area (Å²) in [6.45, 7) is 2.85. The van der Waals surface area contributed by atoms with E-state index in [1.165, 1.54) is 6.07 Å². The number of ether oxygens (including phenoxy) is 4. The Morgan fingerprint density at radius 3 is 2.67 bits per heavy atom. The van der Waals surface area contributed by atoms with Crippen molar-refractivity contribution in [2.75, 3.05) is 26.4 Å². The van der Waals surface area contributed by atoms with E-state index in [1.807, 2.05) is 35.8 Å². The molecule has 2 fully saturated rings. The number of imidazole rings is 1. The Hall–Kier alpha value is -3.26. The molecule has 9 heteroatoms. The van der Waals surface area contributed by atoms with Gasteiger partial charge in [0.25, 0.3) is 0 Å². The number of aliphatic hydroxyl groups excluding tert-OH is 2. The molecule has 2 saturated heterocycles. The molecular formula is C30H33FN2O6. The number of hydrogen-bond acceptors (Lipinski definition) is 7. The Kier molecular flexibility index (Phi) is 8.91. The number of hydrogen-bond donors (Lipinski definition) is 2. The van der Waals surface area contributed by atoms with Crippen LogP contribution in [0.4, 0.5) is 4.39 Å². The van der Waals surface area contributed by atoms with Gasteiger partial charge < -0.3 is 33.7 Å². The molecule has 2 aliphatic heterocycles. The lowest BCUT2D eigenvalue weighted by Crippen LogP contribution is -2.30. The number of nitrogens with zero attached hydrogens (tertiary/aromatic N) is 2. The van der Waals surface area contributed by atoms with E-state index in [-0.39, 0.29) is 38.0 Å². The average molecular weight is 537 g/mol. The smallest absolute Gasteiger partial charge is 0.165 e. The fourth-order valence-corrected chi connectivity index (χ4v) is 4.70. The summed E-state index contributed by atoms with van der Waals surface area (Å²) in [5, 5.41) is 19.9. The molecule has 2 N–H and O–H groups in total. The van der Waals surface area contributed by atoms with Crippen molar-refractivity contribution in [1.29, 1.82) is 0 Å². The van der Waals surface area contributed by atoms with Crippen molar-refractivity contribution in [2.45, 2.75) is 56.8 Å². The van der Waals surface area contributed by atoms with Gasteiger partial charge in [0.05, 0.1) is 19.8 Å². The third kappa shape index (κ3) is 6.67. The molecule has 0 bridgehead atoms. The summed E-state index contributed by atoms with van der Waals surface area (Å²) in [6.07, 6.45) is 4.54. The maximum absolute atomic E-state index is 14.7. The number of rotatable bonds is 8. The standard InChI is InChI=1S/C30H33FN2O6/c1-20(38-29-4-2-3-15-37-29)30-32-13-14-33(30)24(17-34)11-7-21-5-8-22(9-6-21)23-10-12-27(25(31)16-23)39-28-19-36-18-26(28)35/h5-6,8-10,12-14,16,20,24,26,28-29,34-35H,2-4,15,17-19H2,1H3/t20-,24-,26+,28?,29?/m0/s1. The largest absolute Gasteiger partial charge is 0.482 e. The fraction of sp³-hybridized carbons (Fsp3) is 0.433. The zero-order valence-electron chi connectivity index (χ0n) is 21.8. The van der Waals surface area contributed by atoms with E-state index in [0.29, 0.717) is 18.0 Å². The van der Waals surface area contributed by atoms with Gasteiger partial charge in [0.1, 0.15) is 24.1 Å². The van der Waals surface area contributed by atoms with Crippen LogP contribution in [0.1, 0.15) is 49.7 Å². The SMILES string of the molecule is C[C@H](OC1CCCCO1)c1nccn1[C@@H](C#Cc1ccc(-c2ccc(OC3COC[C@H]3O)c(F)c2)cc1)CO. The lowest BCUT2D eigenvalue weighted by atomic mass is 10.0. The molecule has 0 aliphatic carbocycles. The van der Waals surface area contributed by atoms with Crippen molar-refractivity contribution in [3.05, 3.63) is 72.1 Å². The summed E-state index contributed by atoms with van der Waals surface area (Å²) in [6, 6.07) is 11.7. The van der Waals surface area contributed by atoms with Crippen LogP contribution in [0.5, 0.6) is 5.75 Å². The molecule has 5 atom stereocenters. The number of benzene rings is 2. The van der Waals surface area contributed by atoms with Crippen molar-refractivity contribution in [1.82, 2.24) is 9.55 Å². The first-order chi connectivity index (χ1) is 19.0. The first-order valence-corrected chi connectivity index (χ1v) is 13.3. The van der Waals surface area contributed by atoms with Gasteiger partial charge in [-0.2, -0.15) is 0 Å². The second-order valence-electron chi connectivity index (χ2n) is 9.72. The fourth-order valence-electron chi connectivity index (χ4n) is 4.70. The molecule has 2 aromatic carbocycles. The van der Waals surface area contributed by atoms with Gasteiger partial charge in [0, 0.05) is 24.6 Å². The van der Waals surface area contributed by atoms with Gasteiger partial charge in [-0.05, 0) is 61.6 Å². The zero-order valence-corrected chi connectivity index (χ0v) is 21.8. The highest BCUT2D eigenvalue weighted by Gasteiger charge is 2.29. The van der Waals surface area contributed by atoms with Crippen LogP contribution in [0.15, 0.2) is 54.9 Å². The minimum absolute atomic E-state index is 0.0793. The third-order valence-corrected chi connectivity index (χ3v) is 6.88. The van der Waals surface area contributed by atoms with Gasteiger partial charge in [-0.15, -0.1) is 0 Å². The van der Waals surface area contributed by atoms with Gasteiger partial charge in [-0.3, -0.25) is 0 Å². The van der Waals surface area contributed by atoms with Gasteiger partial charge in [0.15, 0.2) is 24.0 Å². The lowest BCUT2D eigenvalue weighted by Gasteiger charge is -2.26. The minimum Gasteiger partial charge on any atom is -0.482 e. The minimum atomic E-state index is -0.767. The maximum atomic E-state index is 14.7. The van der Waals surface area contributed by atoms with Crippen molar-refractivity contribution in [2.24, 2.45) is 0 Å². The van der Waals surface area contributed by atoms with Crippen LogP contribution in [-0.2, 0) is 14.2 Å². The molecule has 0 radical (unpaired) electrons. The summed E-state index contributed by atoms with van der Waals surface area (Å²) < 4.78 is 39.0. The van der Waals surface area contributed by atoms with Gasteiger partial charge in [0.2, 0.25) is 0 Å². The van der Waals surface area contributed by atoms with E-state index in [0.717, 1.165) is 30.4 Å². The summed E-state index contributed by atoms with van der Waals surface area (Å²) in [5.74, 6) is 6.50. The molecule has 1 aromatic heterocycles. The Labute approximate surface area is 227 Å². The summed E-state index contributed by atoms with van der Waals surface area (Å²) in [7, 11) is 0. The van der Waals surface area contributed by atoms with Crippen LogP contribution in [-0.4, -0.2) is 64.7 Å². The molecule has 5 rings (SSSR count). The van der Waals surface area contributed by atoms with E-state index in [1.54, 1.807) is 24.5 Å². The molecule has 0 saturated carbocycles. The van der Waals surface area contributed by atoms with Crippen LogP contribution < -0.4 is 4.74 Å². The summed E-state index contributed by atoms with van der Waals surface area (Å²) in [4.78, 5) is 4.44. The van der Waals surface area contributed by atoms with Crippen LogP contribution in [0.2, 0.25) is 0 Å². The van der Waals surface area contributed by atoms with Crippen molar-refractivity contribution in [3.8, 4) is 28.7 Å². The molecular weight excluding hydrogens is 503 g/mol. The van der Waals surface area contributed by atoms with E-state index in [9.17, 15) is 14.6 Å². The first kappa shape index (κ1) is 27.3. The first-order valence-electron chi connectivity index (χ1n) is 13.3. The molecule has 0 amide bonds. The predicted molar refractivity (Wildman–Crippen MR) is 141 cm³/mol. The molecule has 2 unspecified atom stereocenters. The second kappa shape index (κ2) is 12.7. The van der Waals surface area contributed by atoms with Gasteiger partial charge in [-0.25, -0.2) is 9.37 Å².